The summed E-state index contributed by atoms with van der Waals surface area (Å²) in [4.78, 5) is 9.80. The van der Waals surface area contributed by atoms with Crippen molar-refractivity contribution in [2.24, 2.45) is 7.05 Å². The van der Waals surface area contributed by atoms with Gasteiger partial charge >= 0.3 is 0 Å². The van der Waals surface area contributed by atoms with E-state index >= 15 is 0 Å². The highest BCUT2D eigenvalue weighted by molar-refractivity contribution is 5.88. The summed E-state index contributed by atoms with van der Waals surface area (Å²) < 4.78 is 6.57. The number of pyridine rings is 1. The lowest BCUT2D eigenvalue weighted by atomic mass is 9.95. The molecule has 0 saturated carbocycles. The summed E-state index contributed by atoms with van der Waals surface area (Å²) >= 11 is 0. The molecule has 4 aromatic heterocycles. The van der Waals surface area contributed by atoms with E-state index in [0.29, 0.717) is 0 Å². The standard InChI is InChI=1S/C31H27N5/c1-3-30-32-26(19-34(30)2)21-16-22(27-20-35-15-9-8-14-31(35)33-27)18-23(17-21)36-28-12-6-4-10-24(28)25-11-5-7-13-29(25)36/h3-4,6,8-10,12,14-20H,1,5,7,11,13H2,2H3. The van der Waals surface area contributed by atoms with Gasteiger partial charge in [-0.1, -0.05) is 30.8 Å². The van der Waals surface area contributed by atoms with Gasteiger partial charge < -0.3 is 13.5 Å². The van der Waals surface area contributed by atoms with Crippen LogP contribution in [0.15, 0.2) is 85.8 Å². The Hall–Kier alpha value is -4.38. The molecule has 5 heteroatoms. The number of rotatable bonds is 4. The highest BCUT2D eigenvalue weighted by atomic mass is 15.0. The number of benzene rings is 2. The molecule has 2 aromatic carbocycles. The van der Waals surface area contributed by atoms with Gasteiger partial charge in [-0.05, 0) is 73.7 Å². The number of hydrogen-bond acceptors (Lipinski definition) is 2. The van der Waals surface area contributed by atoms with Gasteiger partial charge in [-0.15, -0.1) is 0 Å². The molecule has 0 unspecified atom stereocenters. The number of imidazole rings is 2. The Morgan fingerprint density at radius 2 is 1.64 bits per heavy atom. The van der Waals surface area contributed by atoms with E-state index in [9.17, 15) is 0 Å². The molecule has 6 aromatic rings. The minimum atomic E-state index is 0.855. The summed E-state index contributed by atoms with van der Waals surface area (Å²) in [6.07, 6.45) is 12.7. The largest absolute Gasteiger partial charge is 0.334 e. The van der Waals surface area contributed by atoms with Crippen LogP contribution < -0.4 is 0 Å². The van der Waals surface area contributed by atoms with Crippen LogP contribution in [0.2, 0.25) is 0 Å². The Balaban J connectivity index is 1.51. The molecule has 0 N–H and O–H groups in total. The molecule has 7 rings (SSSR count). The molecule has 5 nitrogen and oxygen atoms in total. The number of nitrogens with zero attached hydrogens (tertiary/aromatic N) is 5. The van der Waals surface area contributed by atoms with E-state index in [-0.39, 0.29) is 0 Å². The lowest BCUT2D eigenvalue weighted by Gasteiger charge is -2.17. The lowest BCUT2D eigenvalue weighted by molar-refractivity contribution is 0.667. The van der Waals surface area contributed by atoms with Gasteiger partial charge in [-0.25, -0.2) is 9.97 Å². The second-order valence-electron chi connectivity index (χ2n) is 9.65. The first-order chi connectivity index (χ1) is 17.7. The fraction of sp³-hybridized carbons (Fsp3) is 0.161. The highest BCUT2D eigenvalue weighted by Gasteiger charge is 2.22. The summed E-state index contributed by atoms with van der Waals surface area (Å²) in [6.45, 7) is 3.93. The van der Waals surface area contributed by atoms with Crippen molar-refractivity contribution in [3.05, 3.63) is 103 Å². The van der Waals surface area contributed by atoms with Crippen molar-refractivity contribution in [2.75, 3.05) is 0 Å². The zero-order valence-corrected chi connectivity index (χ0v) is 20.4. The zero-order valence-electron chi connectivity index (χ0n) is 20.4. The third-order valence-electron chi connectivity index (χ3n) is 7.41. The van der Waals surface area contributed by atoms with Crippen molar-refractivity contribution in [3.8, 4) is 28.2 Å². The minimum absolute atomic E-state index is 0.855. The number of hydrogen-bond donors (Lipinski definition) is 0. The van der Waals surface area contributed by atoms with E-state index in [1.807, 2.05) is 36.0 Å². The third-order valence-corrected chi connectivity index (χ3v) is 7.41. The molecule has 0 amide bonds. The Kier molecular flexibility index (Phi) is 4.71. The molecule has 0 aliphatic heterocycles. The molecule has 1 aliphatic rings. The van der Waals surface area contributed by atoms with Gasteiger partial charge in [0, 0.05) is 53.5 Å². The predicted octanol–water partition coefficient (Wildman–Crippen LogP) is 6.87. The average molecular weight is 470 g/mol. The van der Waals surface area contributed by atoms with Crippen LogP contribution in [0.3, 0.4) is 0 Å². The minimum Gasteiger partial charge on any atom is -0.334 e. The second kappa shape index (κ2) is 8.09. The van der Waals surface area contributed by atoms with E-state index < -0.39 is 0 Å². The third kappa shape index (κ3) is 3.23. The van der Waals surface area contributed by atoms with Crippen LogP contribution in [0.5, 0.6) is 0 Å². The quantitative estimate of drug-likeness (QED) is 0.283. The van der Waals surface area contributed by atoms with Crippen molar-refractivity contribution in [3.63, 3.8) is 0 Å². The first kappa shape index (κ1) is 20.9. The van der Waals surface area contributed by atoms with Crippen molar-refractivity contribution < 1.29 is 0 Å². The van der Waals surface area contributed by atoms with Crippen LogP contribution in [0.1, 0.15) is 29.9 Å². The summed E-state index contributed by atoms with van der Waals surface area (Å²) in [6, 6.07) is 21.7. The highest BCUT2D eigenvalue weighted by Crippen LogP contribution is 2.37. The van der Waals surface area contributed by atoms with E-state index in [1.54, 1.807) is 6.08 Å². The fourth-order valence-electron chi connectivity index (χ4n) is 5.71. The number of aryl methyl sites for hydroxylation is 2. The molecule has 176 valence electrons. The molecule has 0 fully saturated rings. The van der Waals surface area contributed by atoms with Gasteiger partial charge in [-0.3, -0.25) is 0 Å². The van der Waals surface area contributed by atoms with Crippen molar-refractivity contribution in [1.29, 1.82) is 0 Å². The molecular formula is C31H27N5. The molecule has 36 heavy (non-hydrogen) atoms. The number of fused-ring (bicyclic) bond motifs is 4. The maximum absolute atomic E-state index is 4.94. The first-order valence-electron chi connectivity index (χ1n) is 12.6. The summed E-state index contributed by atoms with van der Waals surface area (Å²) in [5.74, 6) is 0.855. The van der Waals surface area contributed by atoms with Gasteiger partial charge in [0.25, 0.3) is 0 Å². The van der Waals surface area contributed by atoms with Gasteiger partial charge in [-0.2, -0.15) is 0 Å². The molecule has 0 atom stereocenters. The van der Waals surface area contributed by atoms with Gasteiger partial charge in [0.05, 0.1) is 16.9 Å². The molecule has 0 saturated heterocycles. The fourth-order valence-corrected chi connectivity index (χ4v) is 5.71. The van der Waals surface area contributed by atoms with E-state index in [0.717, 1.165) is 52.5 Å². The van der Waals surface area contributed by atoms with Crippen molar-refractivity contribution in [1.82, 2.24) is 23.5 Å². The second-order valence-corrected chi connectivity index (χ2v) is 9.65. The summed E-state index contributed by atoms with van der Waals surface area (Å²) in [5, 5.41) is 1.37. The van der Waals surface area contributed by atoms with E-state index in [4.69, 9.17) is 9.97 Å². The van der Waals surface area contributed by atoms with Crippen molar-refractivity contribution >= 4 is 22.6 Å². The van der Waals surface area contributed by atoms with Crippen molar-refractivity contribution in [2.45, 2.75) is 25.7 Å². The van der Waals surface area contributed by atoms with Crippen LogP contribution >= 0.6 is 0 Å². The molecule has 0 radical (unpaired) electrons. The number of para-hydroxylation sites is 1. The monoisotopic (exact) mass is 469 g/mol. The van der Waals surface area contributed by atoms with Gasteiger partial charge in [0.2, 0.25) is 0 Å². The van der Waals surface area contributed by atoms with E-state index in [1.165, 1.54) is 35.0 Å². The maximum atomic E-state index is 4.94. The maximum Gasteiger partial charge on any atom is 0.137 e. The molecule has 0 spiro atoms. The number of aromatic nitrogens is 5. The summed E-state index contributed by atoms with van der Waals surface area (Å²) in [5.41, 5.74) is 10.4. The molecule has 0 bridgehead atoms. The van der Waals surface area contributed by atoms with Crippen LogP contribution in [0, 0.1) is 0 Å². The topological polar surface area (TPSA) is 40.1 Å². The normalized spacial score (nSPS) is 13.4. The Morgan fingerprint density at radius 3 is 2.44 bits per heavy atom. The SMILES string of the molecule is C=Cc1nc(-c2cc(-c3cn4ccccc4n3)cc(-n3c4c(c5ccccc53)CCCC4)c2)cn1C. The average Bonchev–Trinajstić information content (AvgIpc) is 3.61. The smallest absolute Gasteiger partial charge is 0.137 e. The molecule has 4 heterocycles. The Labute approximate surface area is 210 Å². The van der Waals surface area contributed by atoms with Crippen LogP contribution in [0.4, 0.5) is 0 Å². The Bertz CT molecular complexity index is 1750. The van der Waals surface area contributed by atoms with Crippen LogP contribution in [0.25, 0.3) is 50.8 Å². The summed E-state index contributed by atoms with van der Waals surface area (Å²) in [7, 11) is 2.01. The van der Waals surface area contributed by atoms with Crippen LogP contribution in [-0.2, 0) is 19.9 Å². The lowest BCUT2D eigenvalue weighted by Crippen LogP contribution is -2.07. The Morgan fingerprint density at radius 1 is 0.861 bits per heavy atom. The van der Waals surface area contributed by atoms with Gasteiger partial charge in [0.1, 0.15) is 11.5 Å². The molecule has 1 aliphatic carbocycles. The predicted molar refractivity (Wildman–Crippen MR) is 146 cm³/mol. The van der Waals surface area contributed by atoms with E-state index in [2.05, 4.69) is 70.4 Å². The zero-order chi connectivity index (χ0) is 24.2. The van der Waals surface area contributed by atoms with Crippen LogP contribution in [-0.4, -0.2) is 23.5 Å². The molecular weight excluding hydrogens is 442 g/mol. The van der Waals surface area contributed by atoms with Gasteiger partial charge in [0.15, 0.2) is 0 Å². The first-order valence-corrected chi connectivity index (χ1v) is 12.6.